The molecule has 1 aliphatic rings. The lowest BCUT2D eigenvalue weighted by molar-refractivity contribution is 0.700. The van der Waals surface area contributed by atoms with E-state index in [0.717, 1.165) is 20.2 Å². The molecule has 1 aliphatic carbocycles. The van der Waals surface area contributed by atoms with Crippen molar-refractivity contribution in [3.8, 4) is 0 Å². The van der Waals surface area contributed by atoms with Gasteiger partial charge in [0.25, 0.3) is 0 Å². The summed E-state index contributed by atoms with van der Waals surface area (Å²) >= 11 is 2.24. The first-order valence-electron chi connectivity index (χ1n) is 6.06. The summed E-state index contributed by atoms with van der Waals surface area (Å²) in [5.41, 5.74) is 2.25. The van der Waals surface area contributed by atoms with Gasteiger partial charge in [0.05, 0.1) is 0 Å². The van der Waals surface area contributed by atoms with E-state index in [0.29, 0.717) is 5.92 Å². The predicted molar refractivity (Wildman–Crippen MR) is 78.5 cm³/mol. The molecule has 0 unspecified atom stereocenters. The molecular formula is C14H14INO. The Hall–Kier alpha value is -0.840. The molecule has 0 bridgehead atoms. The van der Waals surface area contributed by atoms with Gasteiger partial charge < -0.3 is 4.98 Å². The van der Waals surface area contributed by atoms with Crippen molar-refractivity contribution in [1.82, 2.24) is 4.98 Å². The number of halogens is 1. The smallest absolute Gasteiger partial charge is 0.189 e. The number of fused-ring (bicyclic) bond motifs is 1. The van der Waals surface area contributed by atoms with Gasteiger partial charge in [0, 0.05) is 26.2 Å². The van der Waals surface area contributed by atoms with Crippen LogP contribution in [0.4, 0.5) is 0 Å². The second kappa shape index (κ2) is 4.44. The molecule has 0 saturated heterocycles. The molecule has 0 spiro atoms. The van der Waals surface area contributed by atoms with E-state index in [9.17, 15) is 4.79 Å². The number of nitrogens with one attached hydrogen (secondary N) is 1. The molecule has 0 amide bonds. The summed E-state index contributed by atoms with van der Waals surface area (Å²) in [6.45, 7) is 0. The van der Waals surface area contributed by atoms with Crippen molar-refractivity contribution >= 4 is 33.5 Å². The first kappa shape index (κ1) is 11.3. The van der Waals surface area contributed by atoms with Crippen LogP contribution in [0.2, 0.25) is 0 Å². The minimum atomic E-state index is 0.152. The largest absolute Gasteiger partial charge is 0.358 e. The minimum Gasteiger partial charge on any atom is -0.358 e. The fraction of sp³-hybridized carbons (Fsp3) is 0.357. The summed E-state index contributed by atoms with van der Waals surface area (Å²) in [6, 6.07) is 7.80. The second-order valence-electron chi connectivity index (χ2n) is 4.76. The zero-order chi connectivity index (χ0) is 11.8. The average Bonchev–Trinajstić information content (AvgIpc) is 2.83. The zero-order valence-corrected chi connectivity index (χ0v) is 11.7. The monoisotopic (exact) mass is 339 g/mol. The standard InChI is InChI=1S/C14H14INO/c15-10-5-6-12-11(7-10)14(17)8-13(16-12)9-3-1-2-4-9/h5-9H,1-4H2,(H,16,17). The number of aromatic nitrogens is 1. The lowest BCUT2D eigenvalue weighted by atomic mass is 10.0. The third-order valence-electron chi connectivity index (χ3n) is 3.61. The molecule has 17 heavy (non-hydrogen) atoms. The molecule has 2 nitrogen and oxygen atoms in total. The van der Waals surface area contributed by atoms with Gasteiger partial charge in [-0.2, -0.15) is 0 Å². The number of hydrogen-bond donors (Lipinski definition) is 1. The molecule has 1 heterocycles. The molecule has 3 rings (SSSR count). The van der Waals surface area contributed by atoms with Crippen molar-refractivity contribution in [3.05, 3.63) is 43.8 Å². The van der Waals surface area contributed by atoms with Gasteiger partial charge >= 0.3 is 0 Å². The molecule has 1 aromatic heterocycles. The summed E-state index contributed by atoms with van der Waals surface area (Å²) in [6.07, 6.45) is 5.01. The number of pyridine rings is 1. The maximum absolute atomic E-state index is 12.1. The average molecular weight is 339 g/mol. The molecule has 1 N–H and O–H groups in total. The minimum absolute atomic E-state index is 0.152. The maximum atomic E-state index is 12.1. The molecule has 0 atom stereocenters. The molecular weight excluding hydrogens is 325 g/mol. The van der Waals surface area contributed by atoms with Crippen molar-refractivity contribution in [2.45, 2.75) is 31.6 Å². The molecule has 0 aliphatic heterocycles. The quantitative estimate of drug-likeness (QED) is 0.788. The lowest BCUT2D eigenvalue weighted by Crippen LogP contribution is -2.07. The van der Waals surface area contributed by atoms with E-state index in [1.165, 1.54) is 25.7 Å². The molecule has 1 saturated carbocycles. The second-order valence-corrected chi connectivity index (χ2v) is 6.01. The number of aromatic amines is 1. The highest BCUT2D eigenvalue weighted by atomic mass is 127. The fourth-order valence-corrected chi connectivity index (χ4v) is 3.19. The molecule has 88 valence electrons. The summed E-state index contributed by atoms with van der Waals surface area (Å²) in [5.74, 6) is 0.561. The number of benzene rings is 1. The van der Waals surface area contributed by atoms with E-state index in [2.05, 4.69) is 27.6 Å². The summed E-state index contributed by atoms with van der Waals surface area (Å²) in [4.78, 5) is 15.5. The summed E-state index contributed by atoms with van der Waals surface area (Å²) in [7, 11) is 0. The van der Waals surface area contributed by atoms with E-state index in [1.807, 2.05) is 18.2 Å². The van der Waals surface area contributed by atoms with Crippen LogP contribution in [0.5, 0.6) is 0 Å². The number of rotatable bonds is 1. The molecule has 1 aromatic carbocycles. The first-order chi connectivity index (χ1) is 8.24. The van der Waals surface area contributed by atoms with Gasteiger partial charge in [-0.25, -0.2) is 0 Å². The van der Waals surface area contributed by atoms with Crippen LogP contribution in [-0.4, -0.2) is 4.98 Å². The van der Waals surface area contributed by atoms with E-state index >= 15 is 0 Å². The Bertz CT molecular complexity index is 611. The van der Waals surface area contributed by atoms with Crippen LogP contribution < -0.4 is 5.43 Å². The van der Waals surface area contributed by atoms with Crippen molar-refractivity contribution in [2.24, 2.45) is 0 Å². The van der Waals surface area contributed by atoms with E-state index in [1.54, 1.807) is 6.07 Å². The third kappa shape index (κ3) is 2.12. The van der Waals surface area contributed by atoms with E-state index in [4.69, 9.17) is 0 Å². The van der Waals surface area contributed by atoms with Gasteiger partial charge in [-0.3, -0.25) is 4.79 Å². The van der Waals surface area contributed by atoms with Crippen molar-refractivity contribution in [2.75, 3.05) is 0 Å². The Morgan fingerprint density at radius 1 is 1.18 bits per heavy atom. The molecule has 2 aromatic rings. The van der Waals surface area contributed by atoms with Crippen LogP contribution in [0, 0.1) is 3.57 Å². The predicted octanol–water partition coefficient (Wildman–Crippen LogP) is 3.79. The summed E-state index contributed by atoms with van der Waals surface area (Å²) < 4.78 is 1.11. The van der Waals surface area contributed by atoms with Crippen LogP contribution in [0.25, 0.3) is 10.9 Å². The van der Waals surface area contributed by atoms with Gasteiger partial charge in [0.1, 0.15) is 0 Å². The Kier molecular flexibility index (Phi) is 2.94. The van der Waals surface area contributed by atoms with Gasteiger partial charge in [0.15, 0.2) is 5.43 Å². The van der Waals surface area contributed by atoms with Crippen molar-refractivity contribution in [3.63, 3.8) is 0 Å². The maximum Gasteiger partial charge on any atom is 0.189 e. The van der Waals surface area contributed by atoms with Gasteiger partial charge in [-0.05, 0) is 59.5 Å². The van der Waals surface area contributed by atoms with Crippen LogP contribution >= 0.6 is 22.6 Å². The number of H-pyrrole nitrogens is 1. The fourth-order valence-electron chi connectivity index (χ4n) is 2.70. The van der Waals surface area contributed by atoms with Crippen LogP contribution in [0.15, 0.2) is 29.1 Å². The summed E-state index contributed by atoms with van der Waals surface area (Å²) in [5, 5.41) is 0.804. The Morgan fingerprint density at radius 2 is 1.94 bits per heavy atom. The SMILES string of the molecule is O=c1cc(C2CCCC2)[nH]c2ccc(I)cc12. The van der Waals surface area contributed by atoms with Gasteiger partial charge in [-0.15, -0.1) is 0 Å². The highest BCUT2D eigenvalue weighted by molar-refractivity contribution is 14.1. The molecule has 3 heteroatoms. The highest BCUT2D eigenvalue weighted by Gasteiger charge is 2.18. The van der Waals surface area contributed by atoms with Gasteiger partial charge in [-0.1, -0.05) is 12.8 Å². The normalized spacial score (nSPS) is 16.8. The Balaban J connectivity index is 2.17. The van der Waals surface area contributed by atoms with E-state index < -0.39 is 0 Å². The van der Waals surface area contributed by atoms with Crippen LogP contribution in [0.1, 0.15) is 37.3 Å². The van der Waals surface area contributed by atoms with Crippen LogP contribution in [0.3, 0.4) is 0 Å². The van der Waals surface area contributed by atoms with Crippen molar-refractivity contribution in [1.29, 1.82) is 0 Å². The Labute approximate surface area is 114 Å². The number of hydrogen-bond acceptors (Lipinski definition) is 1. The molecule has 0 radical (unpaired) electrons. The Morgan fingerprint density at radius 3 is 2.71 bits per heavy atom. The topological polar surface area (TPSA) is 32.9 Å². The highest BCUT2D eigenvalue weighted by Crippen LogP contribution is 2.32. The van der Waals surface area contributed by atoms with Crippen LogP contribution in [-0.2, 0) is 0 Å². The lowest BCUT2D eigenvalue weighted by Gasteiger charge is -2.10. The molecule has 1 fully saturated rings. The first-order valence-corrected chi connectivity index (χ1v) is 7.14. The van der Waals surface area contributed by atoms with E-state index in [-0.39, 0.29) is 5.43 Å². The van der Waals surface area contributed by atoms with Crippen molar-refractivity contribution < 1.29 is 0 Å². The van der Waals surface area contributed by atoms with Gasteiger partial charge in [0.2, 0.25) is 0 Å². The zero-order valence-electron chi connectivity index (χ0n) is 9.50. The third-order valence-corrected chi connectivity index (χ3v) is 4.28.